The van der Waals surface area contributed by atoms with Gasteiger partial charge in [0, 0.05) is 13.6 Å². The van der Waals surface area contributed by atoms with Gasteiger partial charge in [-0.25, -0.2) is 0 Å². The van der Waals surface area contributed by atoms with Gasteiger partial charge in [0.25, 0.3) is 0 Å². The van der Waals surface area contributed by atoms with E-state index in [1.165, 1.54) is 5.56 Å². The van der Waals surface area contributed by atoms with Gasteiger partial charge in [-0.15, -0.1) is 24.0 Å². The molecule has 0 unspecified atom stereocenters. The van der Waals surface area contributed by atoms with E-state index in [0.29, 0.717) is 6.61 Å². The molecule has 1 aliphatic heterocycles. The minimum Gasteiger partial charge on any atom is -0.492 e. The summed E-state index contributed by atoms with van der Waals surface area (Å²) in [4.78, 5) is 6.50. The molecule has 21 heavy (non-hydrogen) atoms. The van der Waals surface area contributed by atoms with E-state index < -0.39 is 0 Å². The van der Waals surface area contributed by atoms with E-state index in [4.69, 9.17) is 4.74 Å². The Hall–Kier alpha value is -0.980. The fraction of sp³-hybridized carbons (Fsp3) is 0.562. The van der Waals surface area contributed by atoms with Crippen LogP contribution in [-0.2, 0) is 5.41 Å². The van der Waals surface area contributed by atoms with Crippen LogP contribution < -0.4 is 10.1 Å². The number of benzene rings is 1. The molecular formula is C16H26IN3O. The summed E-state index contributed by atoms with van der Waals surface area (Å²) >= 11 is 0. The topological polar surface area (TPSA) is 36.9 Å². The second-order valence-electron chi connectivity index (χ2n) is 6.18. The van der Waals surface area contributed by atoms with E-state index >= 15 is 0 Å². The molecule has 0 bridgehead atoms. The first-order valence-corrected chi connectivity index (χ1v) is 7.19. The third-order valence-corrected chi connectivity index (χ3v) is 3.43. The summed E-state index contributed by atoms with van der Waals surface area (Å²) in [5.41, 5.74) is 1.51. The maximum atomic E-state index is 5.73. The van der Waals surface area contributed by atoms with E-state index in [2.05, 4.69) is 48.1 Å². The average molecular weight is 403 g/mol. The van der Waals surface area contributed by atoms with Crippen LogP contribution in [0.15, 0.2) is 29.3 Å². The Morgan fingerprint density at radius 1 is 1.24 bits per heavy atom. The Morgan fingerprint density at radius 2 is 1.90 bits per heavy atom. The molecule has 5 heteroatoms. The van der Waals surface area contributed by atoms with Gasteiger partial charge in [-0.3, -0.25) is 4.99 Å². The van der Waals surface area contributed by atoms with Gasteiger partial charge in [0.05, 0.1) is 13.1 Å². The van der Waals surface area contributed by atoms with Crippen molar-refractivity contribution in [1.29, 1.82) is 0 Å². The number of nitrogens with zero attached hydrogens (tertiary/aromatic N) is 2. The summed E-state index contributed by atoms with van der Waals surface area (Å²) < 4.78 is 5.73. The fourth-order valence-electron chi connectivity index (χ4n) is 2.11. The number of rotatable bonds is 4. The Labute approximate surface area is 145 Å². The third-order valence-electron chi connectivity index (χ3n) is 3.43. The summed E-state index contributed by atoms with van der Waals surface area (Å²) in [6.45, 7) is 9.93. The third kappa shape index (κ3) is 5.37. The van der Waals surface area contributed by atoms with Crippen LogP contribution in [0, 0.1) is 0 Å². The van der Waals surface area contributed by atoms with Gasteiger partial charge in [-0.2, -0.15) is 0 Å². The predicted octanol–water partition coefficient (Wildman–Crippen LogP) is 2.87. The van der Waals surface area contributed by atoms with Crippen LogP contribution in [-0.4, -0.2) is 44.1 Å². The first-order valence-electron chi connectivity index (χ1n) is 7.19. The normalized spacial score (nSPS) is 14.5. The van der Waals surface area contributed by atoms with E-state index in [1.807, 2.05) is 19.2 Å². The SMILES string of the molecule is CN1CCN=C1NCCOc1ccc(C(C)(C)C)cc1.I. The number of aliphatic imine (C=N–C) groups is 1. The molecule has 4 nitrogen and oxygen atoms in total. The molecule has 0 saturated heterocycles. The summed E-state index contributed by atoms with van der Waals surface area (Å²) in [7, 11) is 2.05. The Kier molecular flexibility index (Phi) is 6.77. The first kappa shape index (κ1) is 18.1. The molecule has 1 heterocycles. The van der Waals surface area contributed by atoms with Gasteiger partial charge < -0.3 is 15.0 Å². The zero-order chi connectivity index (χ0) is 14.6. The summed E-state index contributed by atoms with van der Waals surface area (Å²) in [6.07, 6.45) is 0. The van der Waals surface area contributed by atoms with Crippen molar-refractivity contribution in [3.63, 3.8) is 0 Å². The minimum atomic E-state index is 0. The summed E-state index contributed by atoms with van der Waals surface area (Å²) in [5.74, 6) is 1.89. The number of likely N-dealkylation sites (N-methyl/N-ethyl adjacent to an activating group) is 1. The van der Waals surface area contributed by atoms with Crippen LogP contribution in [0.25, 0.3) is 0 Å². The smallest absolute Gasteiger partial charge is 0.193 e. The molecule has 0 atom stereocenters. The molecule has 1 N–H and O–H groups in total. The standard InChI is InChI=1S/C16H25N3O.HI/c1-16(2,3)13-5-7-14(8-6-13)20-12-10-18-15-17-9-11-19(15)4;/h5-8H,9-12H2,1-4H3,(H,17,18);1H. The lowest BCUT2D eigenvalue weighted by molar-refractivity contribution is 0.320. The molecule has 0 aromatic heterocycles. The van der Waals surface area contributed by atoms with Crippen LogP contribution in [0.5, 0.6) is 5.75 Å². The zero-order valence-corrected chi connectivity index (χ0v) is 15.7. The van der Waals surface area contributed by atoms with Gasteiger partial charge >= 0.3 is 0 Å². The molecule has 0 fully saturated rings. The van der Waals surface area contributed by atoms with Crippen molar-refractivity contribution in [2.75, 3.05) is 33.3 Å². The number of hydrogen-bond donors (Lipinski definition) is 1. The van der Waals surface area contributed by atoms with Crippen molar-refractivity contribution in [2.24, 2.45) is 4.99 Å². The highest BCUT2D eigenvalue weighted by Gasteiger charge is 2.13. The summed E-state index contributed by atoms with van der Waals surface area (Å²) in [6, 6.07) is 8.36. The van der Waals surface area contributed by atoms with Crippen LogP contribution in [0.4, 0.5) is 0 Å². The molecule has 0 spiro atoms. The molecule has 0 radical (unpaired) electrons. The van der Waals surface area contributed by atoms with Crippen LogP contribution in [0.1, 0.15) is 26.3 Å². The molecule has 118 valence electrons. The molecule has 0 saturated carbocycles. The lowest BCUT2D eigenvalue weighted by Crippen LogP contribution is -2.37. The number of hydrogen-bond acceptors (Lipinski definition) is 4. The first-order chi connectivity index (χ1) is 9.47. The highest BCUT2D eigenvalue weighted by Crippen LogP contribution is 2.24. The number of nitrogens with one attached hydrogen (secondary N) is 1. The number of ether oxygens (including phenoxy) is 1. The second kappa shape index (κ2) is 7.87. The van der Waals surface area contributed by atoms with Crippen molar-refractivity contribution in [1.82, 2.24) is 10.2 Å². The van der Waals surface area contributed by atoms with Gasteiger partial charge in [-0.1, -0.05) is 32.9 Å². The number of guanidine groups is 1. The van der Waals surface area contributed by atoms with E-state index in [9.17, 15) is 0 Å². The Morgan fingerprint density at radius 3 is 2.43 bits per heavy atom. The fourth-order valence-corrected chi connectivity index (χ4v) is 2.11. The van der Waals surface area contributed by atoms with Crippen LogP contribution >= 0.6 is 24.0 Å². The quantitative estimate of drug-likeness (QED) is 0.621. The highest BCUT2D eigenvalue weighted by atomic mass is 127. The molecular weight excluding hydrogens is 377 g/mol. The van der Waals surface area contributed by atoms with Gasteiger partial charge in [0.2, 0.25) is 0 Å². The van der Waals surface area contributed by atoms with Crippen LogP contribution in [0.3, 0.4) is 0 Å². The van der Waals surface area contributed by atoms with Gasteiger partial charge in [-0.05, 0) is 23.1 Å². The maximum Gasteiger partial charge on any atom is 0.193 e. The minimum absolute atomic E-state index is 0. The molecule has 1 aromatic rings. The van der Waals surface area contributed by atoms with Crippen LogP contribution in [0.2, 0.25) is 0 Å². The molecule has 0 aliphatic carbocycles. The van der Waals surface area contributed by atoms with E-state index in [1.54, 1.807) is 0 Å². The van der Waals surface area contributed by atoms with Crippen molar-refractivity contribution >= 4 is 29.9 Å². The molecule has 0 amide bonds. The zero-order valence-electron chi connectivity index (χ0n) is 13.3. The molecule has 1 aromatic carbocycles. The largest absolute Gasteiger partial charge is 0.492 e. The van der Waals surface area contributed by atoms with E-state index in [0.717, 1.165) is 31.3 Å². The summed E-state index contributed by atoms with van der Waals surface area (Å²) in [5, 5.41) is 3.29. The maximum absolute atomic E-state index is 5.73. The second-order valence-corrected chi connectivity index (χ2v) is 6.18. The highest BCUT2D eigenvalue weighted by molar-refractivity contribution is 14.0. The predicted molar refractivity (Wildman–Crippen MR) is 99.0 cm³/mol. The lowest BCUT2D eigenvalue weighted by atomic mass is 9.87. The average Bonchev–Trinajstić information content (AvgIpc) is 2.80. The van der Waals surface area contributed by atoms with E-state index in [-0.39, 0.29) is 29.4 Å². The molecule has 2 rings (SSSR count). The lowest BCUT2D eigenvalue weighted by Gasteiger charge is -2.19. The van der Waals surface area contributed by atoms with Crippen molar-refractivity contribution < 1.29 is 4.74 Å². The Balaban J connectivity index is 0.00000220. The molecule has 1 aliphatic rings. The monoisotopic (exact) mass is 403 g/mol. The van der Waals surface area contributed by atoms with Crippen molar-refractivity contribution in [2.45, 2.75) is 26.2 Å². The van der Waals surface area contributed by atoms with Crippen molar-refractivity contribution in [3.8, 4) is 5.75 Å². The van der Waals surface area contributed by atoms with Gasteiger partial charge in [0.15, 0.2) is 5.96 Å². The Bertz CT molecular complexity index is 465. The van der Waals surface area contributed by atoms with Crippen molar-refractivity contribution in [3.05, 3.63) is 29.8 Å². The van der Waals surface area contributed by atoms with Gasteiger partial charge in [0.1, 0.15) is 12.4 Å². The number of halogens is 1.